The van der Waals surface area contributed by atoms with Crippen LogP contribution in [0.4, 0.5) is 5.69 Å². The molecule has 2 rings (SSSR count). The summed E-state index contributed by atoms with van der Waals surface area (Å²) < 4.78 is 5.81. The van der Waals surface area contributed by atoms with Crippen molar-refractivity contribution in [2.75, 3.05) is 25.0 Å². The number of carbonyl (C=O) groups is 1. The number of carbonyl (C=O) groups excluding carboxylic acids is 1. The van der Waals surface area contributed by atoms with Crippen LogP contribution in [0, 0.1) is 0 Å². The number of phenols is 1. The first-order valence-corrected chi connectivity index (χ1v) is 9.37. The zero-order chi connectivity index (χ0) is 20.4. The number of nitrogens with zero attached hydrogens (tertiary/aromatic N) is 1. The fraction of sp³-hybridized carbons (Fsp3) is 0.300. The Kier molecular flexibility index (Phi) is 11.2. The van der Waals surface area contributed by atoms with E-state index in [1.807, 2.05) is 26.0 Å². The summed E-state index contributed by atoms with van der Waals surface area (Å²) in [6.45, 7) is 5.01. The van der Waals surface area contributed by atoms with E-state index in [4.69, 9.17) is 16.3 Å². The fourth-order valence-corrected chi connectivity index (χ4v) is 2.39. The number of hydrogen-bond donors (Lipinski definition) is 4. The summed E-state index contributed by atoms with van der Waals surface area (Å²) in [5.41, 5.74) is 0.598. The van der Waals surface area contributed by atoms with Gasteiger partial charge in [0.05, 0.1) is 6.54 Å². The Balaban J connectivity index is 0.00000420. The first-order chi connectivity index (χ1) is 13.5. The molecule has 1 unspecified atom stereocenters. The standard InChI is InChI=1S/C20H25ClN4O3.HI/c1-3-22-20(23-12-14(2)28-18-10-4-15(21)5-11-18)24-13-19(27)25-16-6-8-17(26)9-7-16;/h4-11,14,26H,3,12-13H2,1-2H3,(H,25,27)(H2,22,23,24);1H. The van der Waals surface area contributed by atoms with E-state index in [1.54, 1.807) is 24.3 Å². The van der Waals surface area contributed by atoms with Crippen molar-refractivity contribution in [1.29, 1.82) is 0 Å². The minimum atomic E-state index is -0.256. The normalized spacial score (nSPS) is 11.8. The van der Waals surface area contributed by atoms with E-state index in [0.29, 0.717) is 29.8 Å². The molecule has 0 saturated carbocycles. The second-order valence-corrected chi connectivity index (χ2v) is 6.49. The summed E-state index contributed by atoms with van der Waals surface area (Å²) in [7, 11) is 0. The number of rotatable bonds is 8. The molecule has 29 heavy (non-hydrogen) atoms. The second-order valence-electron chi connectivity index (χ2n) is 6.05. The highest BCUT2D eigenvalue weighted by Gasteiger charge is 2.07. The minimum absolute atomic E-state index is 0. The van der Waals surface area contributed by atoms with Crippen LogP contribution < -0.4 is 20.7 Å². The summed E-state index contributed by atoms with van der Waals surface area (Å²) >= 11 is 5.87. The molecule has 4 N–H and O–H groups in total. The van der Waals surface area contributed by atoms with Gasteiger partial charge in [0.2, 0.25) is 5.91 Å². The molecule has 9 heteroatoms. The lowest BCUT2D eigenvalue weighted by Gasteiger charge is -2.17. The number of phenolic OH excluding ortho intramolecular Hbond substituents is 1. The Labute approximate surface area is 192 Å². The van der Waals surface area contributed by atoms with Crippen LogP contribution in [-0.4, -0.2) is 42.7 Å². The topological polar surface area (TPSA) is 95.0 Å². The van der Waals surface area contributed by atoms with Crippen LogP contribution in [0.5, 0.6) is 11.5 Å². The highest BCUT2D eigenvalue weighted by atomic mass is 127. The van der Waals surface area contributed by atoms with Gasteiger partial charge in [-0.2, -0.15) is 0 Å². The first kappa shape index (κ1) is 24.8. The SMILES string of the molecule is CCNC(=NCC(=O)Nc1ccc(O)cc1)NCC(C)Oc1ccc(Cl)cc1.I. The molecular formula is C20H26ClIN4O3. The maximum Gasteiger partial charge on any atom is 0.246 e. The molecule has 0 saturated heterocycles. The number of aliphatic imine (C=N–C) groups is 1. The van der Waals surface area contributed by atoms with Gasteiger partial charge in [-0.15, -0.1) is 24.0 Å². The first-order valence-electron chi connectivity index (χ1n) is 8.99. The van der Waals surface area contributed by atoms with Gasteiger partial charge in [-0.3, -0.25) is 4.79 Å². The molecule has 0 radical (unpaired) electrons. The van der Waals surface area contributed by atoms with Crippen LogP contribution in [0.15, 0.2) is 53.5 Å². The van der Waals surface area contributed by atoms with Crippen LogP contribution in [0.1, 0.15) is 13.8 Å². The molecule has 0 fully saturated rings. The van der Waals surface area contributed by atoms with Gasteiger partial charge in [0.25, 0.3) is 0 Å². The van der Waals surface area contributed by atoms with Gasteiger partial charge in [0.1, 0.15) is 24.1 Å². The summed E-state index contributed by atoms with van der Waals surface area (Å²) in [5.74, 6) is 1.14. The number of guanidine groups is 1. The summed E-state index contributed by atoms with van der Waals surface area (Å²) in [5, 5.41) is 18.9. The third-order valence-corrected chi connectivity index (χ3v) is 3.84. The van der Waals surface area contributed by atoms with E-state index in [2.05, 4.69) is 20.9 Å². The largest absolute Gasteiger partial charge is 0.508 e. The van der Waals surface area contributed by atoms with E-state index in [1.165, 1.54) is 12.1 Å². The predicted octanol–water partition coefficient (Wildman–Crippen LogP) is 3.62. The van der Waals surface area contributed by atoms with Crippen molar-refractivity contribution in [2.24, 2.45) is 4.99 Å². The van der Waals surface area contributed by atoms with Crippen molar-refractivity contribution in [3.05, 3.63) is 53.6 Å². The van der Waals surface area contributed by atoms with Gasteiger partial charge >= 0.3 is 0 Å². The highest BCUT2D eigenvalue weighted by molar-refractivity contribution is 14.0. The summed E-state index contributed by atoms with van der Waals surface area (Å²) in [6.07, 6.45) is -0.115. The zero-order valence-electron chi connectivity index (χ0n) is 16.3. The van der Waals surface area contributed by atoms with Gasteiger partial charge in [-0.1, -0.05) is 11.6 Å². The van der Waals surface area contributed by atoms with Crippen molar-refractivity contribution in [1.82, 2.24) is 10.6 Å². The smallest absolute Gasteiger partial charge is 0.246 e. The van der Waals surface area contributed by atoms with E-state index in [0.717, 1.165) is 5.75 Å². The van der Waals surface area contributed by atoms with Crippen LogP contribution >= 0.6 is 35.6 Å². The molecule has 1 atom stereocenters. The third kappa shape index (κ3) is 9.71. The molecule has 0 aliphatic heterocycles. The van der Waals surface area contributed by atoms with Crippen molar-refractivity contribution < 1.29 is 14.6 Å². The van der Waals surface area contributed by atoms with Gasteiger partial charge in [-0.25, -0.2) is 4.99 Å². The van der Waals surface area contributed by atoms with Gasteiger partial charge in [0.15, 0.2) is 5.96 Å². The third-order valence-electron chi connectivity index (χ3n) is 3.58. The molecule has 1 amide bonds. The van der Waals surface area contributed by atoms with Crippen LogP contribution in [0.25, 0.3) is 0 Å². The number of ether oxygens (including phenoxy) is 1. The molecule has 0 aliphatic rings. The van der Waals surface area contributed by atoms with Crippen molar-refractivity contribution >= 4 is 53.1 Å². The number of anilines is 1. The van der Waals surface area contributed by atoms with Crippen LogP contribution in [0.3, 0.4) is 0 Å². The zero-order valence-corrected chi connectivity index (χ0v) is 19.4. The van der Waals surface area contributed by atoms with Crippen molar-refractivity contribution in [2.45, 2.75) is 20.0 Å². The molecule has 0 aromatic heterocycles. The molecule has 0 bridgehead atoms. The molecule has 0 heterocycles. The molecular weight excluding hydrogens is 507 g/mol. The van der Waals surface area contributed by atoms with E-state index in [-0.39, 0.29) is 48.3 Å². The average molecular weight is 533 g/mol. The number of halogens is 2. The molecule has 2 aromatic rings. The molecule has 7 nitrogen and oxygen atoms in total. The monoisotopic (exact) mass is 532 g/mol. The lowest BCUT2D eigenvalue weighted by atomic mass is 10.3. The Bertz CT molecular complexity index is 785. The summed E-state index contributed by atoms with van der Waals surface area (Å²) in [4.78, 5) is 16.3. The van der Waals surface area contributed by atoms with E-state index < -0.39 is 0 Å². The number of aromatic hydroxyl groups is 1. The molecule has 0 aliphatic carbocycles. The number of amides is 1. The quantitative estimate of drug-likeness (QED) is 0.180. The molecule has 0 spiro atoms. The van der Waals surface area contributed by atoms with Gasteiger partial charge in [-0.05, 0) is 62.4 Å². The Morgan fingerprint density at radius 3 is 2.41 bits per heavy atom. The minimum Gasteiger partial charge on any atom is -0.508 e. The van der Waals surface area contributed by atoms with Gasteiger partial charge < -0.3 is 25.8 Å². The van der Waals surface area contributed by atoms with Crippen molar-refractivity contribution in [3.8, 4) is 11.5 Å². The van der Waals surface area contributed by atoms with E-state index in [9.17, 15) is 9.90 Å². The number of nitrogens with one attached hydrogen (secondary N) is 3. The number of hydrogen-bond acceptors (Lipinski definition) is 4. The van der Waals surface area contributed by atoms with Crippen LogP contribution in [-0.2, 0) is 4.79 Å². The molecule has 2 aromatic carbocycles. The maximum atomic E-state index is 12.0. The lowest BCUT2D eigenvalue weighted by Crippen LogP contribution is -2.42. The second kappa shape index (κ2) is 13.1. The Morgan fingerprint density at radius 2 is 1.79 bits per heavy atom. The Hall–Kier alpha value is -2.20. The maximum absolute atomic E-state index is 12.0. The highest BCUT2D eigenvalue weighted by Crippen LogP contribution is 2.16. The average Bonchev–Trinajstić information content (AvgIpc) is 2.67. The number of benzene rings is 2. The lowest BCUT2D eigenvalue weighted by molar-refractivity contribution is -0.114. The predicted molar refractivity (Wildman–Crippen MR) is 128 cm³/mol. The van der Waals surface area contributed by atoms with E-state index >= 15 is 0 Å². The van der Waals surface area contributed by atoms with Crippen molar-refractivity contribution in [3.63, 3.8) is 0 Å². The fourth-order valence-electron chi connectivity index (χ4n) is 2.27. The van der Waals surface area contributed by atoms with Gasteiger partial charge in [0, 0.05) is 17.3 Å². The molecule has 158 valence electrons. The summed E-state index contributed by atoms with van der Waals surface area (Å²) in [6, 6.07) is 13.4. The van der Waals surface area contributed by atoms with Crippen LogP contribution in [0.2, 0.25) is 5.02 Å². The Morgan fingerprint density at radius 1 is 1.14 bits per heavy atom.